The number of halogens is 1. The lowest BCUT2D eigenvalue weighted by molar-refractivity contribution is -0.111. The maximum Gasteiger partial charge on any atom is 0.249 e. The molecule has 1 amide bonds. The zero-order valence-corrected chi connectivity index (χ0v) is 17.6. The molecule has 1 N–H and O–H groups in total. The lowest BCUT2D eigenvalue weighted by Gasteiger charge is -2.03. The largest absolute Gasteiger partial charge is 0.307 e. The quantitative estimate of drug-likeness (QED) is 0.425. The number of hydrogen-bond donors (Lipinski definition) is 1. The highest BCUT2D eigenvalue weighted by Gasteiger charge is 2.12. The fourth-order valence-corrected chi connectivity index (χ4v) is 3.26. The second kappa shape index (κ2) is 8.01. The Labute approximate surface area is 177 Å². The smallest absolute Gasteiger partial charge is 0.249 e. The summed E-state index contributed by atoms with van der Waals surface area (Å²) in [6.07, 6.45) is 6.91. The number of anilines is 1. The number of aryl methyl sites for hydroxylation is 2. The number of aromatic nitrogens is 3. The lowest BCUT2D eigenvalue weighted by Crippen LogP contribution is -2.09. The molecule has 3 aromatic heterocycles. The Balaban J connectivity index is 1.70. The third-order valence-corrected chi connectivity index (χ3v) is 4.98. The highest BCUT2D eigenvalue weighted by Crippen LogP contribution is 2.26. The van der Waals surface area contributed by atoms with Gasteiger partial charge in [-0.1, -0.05) is 29.8 Å². The molecule has 0 atom stereocenters. The van der Waals surface area contributed by atoms with E-state index >= 15 is 0 Å². The van der Waals surface area contributed by atoms with Gasteiger partial charge >= 0.3 is 0 Å². The molecule has 29 heavy (non-hydrogen) atoms. The standard InChI is InChI=1S/C23H19BrN4O/c1-15-3-5-17(6-4-15)23-19(28-12-11-16(2)13-21(28)27-23)8-10-22(29)26-20-9-7-18(24)14-25-20/h3-14H,1-2H3,(H,25,26,29)/b10-8+. The maximum absolute atomic E-state index is 12.4. The predicted octanol–water partition coefficient (Wildman–Crippen LogP) is 5.43. The van der Waals surface area contributed by atoms with Gasteiger partial charge in [-0.15, -0.1) is 0 Å². The molecule has 0 aliphatic rings. The maximum atomic E-state index is 12.4. The summed E-state index contributed by atoms with van der Waals surface area (Å²) in [5, 5.41) is 2.77. The number of nitrogens with zero attached hydrogens (tertiary/aromatic N) is 3. The van der Waals surface area contributed by atoms with Crippen molar-refractivity contribution in [3.63, 3.8) is 0 Å². The van der Waals surface area contributed by atoms with Crippen molar-refractivity contribution in [3.05, 3.63) is 88.3 Å². The summed E-state index contributed by atoms with van der Waals surface area (Å²) in [6.45, 7) is 4.09. The molecule has 144 valence electrons. The zero-order chi connectivity index (χ0) is 20.4. The van der Waals surface area contributed by atoms with E-state index < -0.39 is 0 Å². The monoisotopic (exact) mass is 446 g/mol. The van der Waals surface area contributed by atoms with E-state index in [9.17, 15) is 4.79 Å². The summed E-state index contributed by atoms with van der Waals surface area (Å²) in [7, 11) is 0. The first kappa shape index (κ1) is 19.1. The summed E-state index contributed by atoms with van der Waals surface area (Å²) >= 11 is 3.33. The number of nitrogens with one attached hydrogen (secondary N) is 1. The second-order valence-corrected chi connectivity index (χ2v) is 7.74. The van der Waals surface area contributed by atoms with Crippen LogP contribution in [0.2, 0.25) is 0 Å². The molecular weight excluding hydrogens is 428 g/mol. The van der Waals surface area contributed by atoms with E-state index in [4.69, 9.17) is 4.98 Å². The molecule has 3 heterocycles. The van der Waals surface area contributed by atoms with Crippen molar-refractivity contribution in [2.75, 3.05) is 5.32 Å². The van der Waals surface area contributed by atoms with Crippen molar-refractivity contribution in [2.24, 2.45) is 0 Å². The van der Waals surface area contributed by atoms with Crippen molar-refractivity contribution in [1.82, 2.24) is 14.4 Å². The van der Waals surface area contributed by atoms with E-state index in [-0.39, 0.29) is 5.91 Å². The molecule has 0 unspecified atom stereocenters. The molecule has 0 spiro atoms. The van der Waals surface area contributed by atoms with Crippen molar-refractivity contribution in [3.8, 4) is 11.3 Å². The van der Waals surface area contributed by atoms with Crippen LogP contribution in [-0.2, 0) is 4.79 Å². The van der Waals surface area contributed by atoms with Gasteiger partial charge in [-0.25, -0.2) is 9.97 Å². The van der Waals surface area contributed by atoms with Crippen molar-refractivity contribution < 1.29 is 4.79 Å². The molecule has 0 bridgehead atoms. The van der Waals surface area contributed by atoms with Gasteiger partial charge in [0, 0.05) is 28.5 Å². The number of fused-ring (bicyclic) bond motifs is 1. The van der Waals surface area contributed by atoms with Gasteiger partial charge in [0.1, 0.15) is 11.5 Å². The highest BCUT2D eigenvalue weighted by molar-refractivity contribution is 9.10. The number of pyridine rings is 2. The van der Waals surface area contributed by atoms with Crippen LogP contribution in [0, 0.1) is 13.8 Å². The van der Waals surface area contributed by atoms with Crippen LogP contribution in [0.5, 0.6) is 0 Å². The number of carbonyl (C=O) groups excluding carboxylic acids is 1. The van der Waals surface area contributed by atoms with Crippen LogP contribution in [0.1, 0.15) is 16.8 Å². The topological polar surface area (TPSA) is 59.3 Å². The molecule has 0 radical (unpaired) electrons. The van der Waals surface area contributed by atoms with Crippen molar-refractivity contribution in [1.29, 1.82) is 0 Å². The van der Waals surface area contributed by atoms with Gasteiger partial charge in [0.05, 0.1) is 11.4 Å². The number of carbonyl (C=O) groups is 1. The van der Waals surface area contributed by atoms with Gasteiger partial charge in [0.2, 0.25) is 5.91 Å². The molecule has 0 fully saturated rings. The fraction of sp³-hybridized carbons (Fsp3) is 0.0870. The Morgan fingerprint density at radius 1 is 1.07 bits per heavy atom. The van der Waals surface area contributed by atoms with E-state index in [1.54, 1.807) is 18.3 Å². The van der Waals surface area contributed by atoms with Gasteiger partial charge in [-0.2, -0.15) is 0 Å². The molecule has 4 aromatic rings. The minimum atomic E-state index is -0.253. The Kier molecular flexibility index (Phi) is 5.27. The lowest BCUT2D eigenvalue weighted by atomic mass is 10.1. The molecule has 0 aliphatic carbocycles. The van der Waals surface area contributed by atoms with E-state index in [0.29, 0.717) is 5.82 Å². The van der Waals surface area contributed by atoms with Crippen LogP contribution >= 0.6 is 15.9 Å². The summed E-state index contributed by atoms with van der Waals surface area (Å²) in [6, 6.07) is 15.8. The minimum absolute atomic E-state index is 0.253. The van der Waals surface area contributed by atoms with Gasteiger partial charge in [-0.3, -0.25) is 9.20 Å². The Bertz CT molecular complexity index is 1210. The van der Waals surface area contributed by atoms with Crippen molar-refractivity contribution >= 4 is 39.4 Å². The summed E-state index contributed by atoms with van der Waals surface area (Å²) < 4.78 is 2.85. The number of rotatable bonds is 4. The third kappa shape index (κ3) is 4.27. The van der Waals surface area contributed by atoms with E-state index in [1.807, 2.05) is 47.9 Å². The Morgan fingerprint density at radius 2 is 1.86 bits per heavy atom. The zero-order valence-electron chi connectivity index (χ0n) is 16.1. The van der Waals surface area contributed by atoms with E-state index in [1.165, 1.54) is 11.6 Å². The number of amides is 1. The van der Waals surface area contributed by atoms with Gasteiger partial charge in [0.25, 0.3) is 0 Å². The van der Waals surface area contributed by atoms with Crippen LogP contribution in [0.25, 0.3) is 23.0 Å². The normalized spacial score (nSPS) is 11.3. The van der Waals surface area contributed by atoms with E-state index in [0.717, 1.165) is 32.6 Å². The van der Waals surface area contributed by atoms with E-state index in [2.05, 4.69) is 45.3 Å². The number of hydrogen-bond acceptors (Lipinski definition) is 3. The average molecular weight is 447 g/mol. The molecule has 1 aromatic carbocycles. The molecule has 0 saturated heterocycles. The van der Waals surface area contributed by atoms with Crippen LogP contribution < -0.4 is 5.32 Å². The van der Waals surface area contributed by atoms with Crippen LogP contribution in [0.3, 0.4) is 0 Å². The first-order valence-corrected chi connectivity index (χ1v) is 9.95. The number of imidazole rings is 1. The summed E-state index contributed by atoms with van der Waals surface area (Å²) in [5.74, 6) is 0.243. The molecule has 0 saturated carbocycles. The Morgan fingerprint density at radius 3 is 2.59 bits per heavy atom. The van der Waals surface area contributed by atoms with Gasteiger partial charge in [0.15, 0.2) is 0 Å². The average Bonchev–Trinajstić information content (AvgIpc) is 3.06. The predicted molar refractivity (Wildman–Crippen MR) is 120 cm³/mol. The first-order chi connectivity index (χ1) is 14.0. The minimum Gasteiger partial charge on any atom is -0.307 e. The first-order valence-electron chi connectivity index (χ1n) is 9.16. The summed E-state index contributed by atoms with van der Waals surface area (Å²) in [5.41, 5.74) is 5.85. The molecule has 4 rings (SSSR count). The van der Waals surface area contributed by atoms with Gasteiger partial charge < -0.3 is 5.32 Å². The molecule has 6 heteroatoms. The van der Waals surface area contributed by atoms with Crippen LogP contribution in [-0.4, -0.2) is 20.3 Å². The molecule has 5 nitrogen and oxygen atoms in total. The highest BCUT2D eigenvalue weighted by atomic mass is 79.9. The number of benzene rings is 1. The third-order valence-electron chi connectivity index (χ3n) is 4.51. The SMILES string of the molecule is Cc1ccc(-c2nc3cc(C)ccn3c2/C=C/C(=O)Nc2ccc(Br)cn2)cc1. The molecule has 0 aliphatic heterocycles. The van der Waals surface area contributed by atoms with Gasteiger partial charge in [-0.05, 0) is 65.7 Å². The van der Waals surface area contributed by atoms with Crippen LogP contribution in [0.15, 0.2) is 71.5 Å². The fourth-order valence-electron chi connectivity index (χ4n) is 3.02. The second-order valence-electron chi connectivity index (χ2n) is 6.83. The summed E-state index contributed by atoms with van der Waals surface area (Å²) in [4.78, 5) is 21.4. The van der Waals surface area contributed by atoms with Crippen LogP contribution in [0.4, 0.5) is 5.82 Å². The van der Waals surface area contributed by atoms with Crippen molar-refractivity contribution in [2.45, 2.75) is 13.8 Å². The molecular formula is C23H19BrN4O. The Hall–Kier alpha value is -3.25.